The van der Waals surface area contributed by atoms with Gasteiger partial charge < -0.3 is 19.6 Å². The second-order valence-electron chi connectivity index (χ2n) is 8.86. The lowest BCUT2D eigenvalue weighted by atomic mass is 9.81. The number of ether oxygens (including phenoxy) is 1. The average Bonchev–Trinajstić information content (AvgIpc) is 3.22. The van der Waals surface area contributed by atoms with Crippen LogP contribution in [-0.2, 0) is 24.7 Å². The lowest BCUT2D eigenvalue weighted by molar-refractivity contribution is -0.143. The largest absolute Gasteiger partial charge is 0.507 e. The molecule has 4 rings (SSSR count). The summed E-state index contributed by atoms with van der Waals surface area (Å²) < 4.78 is 19.5. The number of fused-ring (bicyclic) bond motifs is 2. The van der Waals surface area contributed by atoms with Crippen molar-refractivity contribution in [1.82, 2.24) is 4.90 Å². The van der Waals surface area contributed by atoms with E-state index in [-0.39, 0.29) is 17.7 Å². The van der Waals surface area contributed by atoms with Gasteiger partial charge in [0.1, 0.15) is 11.6 Å². The molecule has 1 unspecified atom stereocenters. The number of unbranched alkanes of at least 4 members (excludes halogenated alkanes) is 1. The number of methoxy groups -OCH3 is 1. The summed E-state index contributed by atoms with van der Waals surface area (Å²) in [7, 11) is 1.53. The summed E-state index contributed by atoms with van der Waals surface area (Å²) >= 11 is 0. The number of hydrogen-bond acceptors (Lipinski definition) is 5. The number of benzene rings is 2. The van der Waals surface area contributed by atoms with Crippen molar-refractivity contribution in [3.05, 3.63) is 70.5 Å². The highest BCUT2D eigenvalue weighted by Gasteiger charge is 2.66. The molecule has 1 fully saturated rings. The number of carbonyl (C=O) groups excluding carboxylic acids is 3. The molecule has 1 atom stereocenters. The normalized spacial score (nSPS) is 20.9. The van der Waals surface area contributed by atoms with Crippen molar-refractivity contribution in [2.24, 2.45) is 0 Å². The zero-order valence-electron chi connectivity index (χ0n) is 20.1. The zero-order valence-corrected chi connectivity index (χ0v) is 20.1. The van der Waals surface area contributed by atoms with Crippen LogP contribution in [0.5, 0.6) is 0 Å². The van der Waals surface area contributed by atoms with Gasteiger partial charge in [-0.1, -0.05) is 43.7 Å². The molecule has 0 aliphatic carbocycles. The Bertz CT molecular complexity index is 1220. The topological polar surface area (TPSA) is 87.2 Å². The van der Waals surface area contributed by atoms with E-state index < -0.39 is 34.7 Å². The molecular formula is C27H29FN2O5. The number of amides is 2. The van der Waals surface area contributed by atoms with Crippen molar-refractivity contribution in [3.63, 3.8) is 0 Å². The van der Waals surface area contributed by atoms with E-state index in [4.69, 9.17) is 4.74 Å². The minimum Gasteiger partial charge on any atom is -0.507 e. The minimum atomic E-state index is -1.84. The number of hydrogen-bond donors (Lipinski definition) is 1. The molecular weight excluding hydrogens is 451 g/mol. The molecule has 0 radical (unpaired) electrons. The van der Waals surface area contributed by atoms with Gasteiger partial charge in [0.2, 0.25) is 0 Å². The molecule has 1 spiro atoms. The number of Topliss-reactive ketones (excluding diaryl/α,β-unsaturated/α-hetero) is 1. The minimum absolute atomic E-state index is 0.0275. The number of aliphatic hydroxyl groups excluding tert-OH is 1. The highest BCUT2D eigenvalue weighted by atomic mass is 19.1. The van der Waals surface area contributed by atoms with E-state index in [1.807, 2.05) is 6.92 Å². The van der Waals surface area contributed by atoms with Gasteiger partial charge in [0, 0.05) is 37.9 Å². The van der Waals surface area contributed by atoms with E-state index in [1.54, 1.807) is 36.1 Å². The maximum atomic E-state index is 14.4. The first-order valence-corrected chi connectivity index (χ1v) is 11.8. The maximum Gasteiger partial charge on any atom is 0.296 e. The summed E-state index contributed by atoms with van der Waals surface area (Å²) in [6.45, 7) is 4.37. The fourth-order valence-electron chi connectivity index (χ4n) is 4.96. The third-order valence-corrected chi connectivity index (χ3v) is 6.72. The fraction of sp³-hybridized carbons (Fsp3) is 0.370. The third-order valence-electron chi connectivity index (χ3n) is 6.72. The Labute approximate surface area is 203 Å². The number of ketones is 1. The number of nitrogens with zero attached hydrogens (tertiary/aromatic N) is 2. The van der Waals surface area contributed by atoms with Crippen molar-refractivity contribution in [2.45, 2.75) is 38.6 Å². The van der Waals surface area contributed by atoms with Gasteiger partial charge in [0.15, 0.2) is 5.54 Å². The Hall–Kier alpha value is -3.52. The van der Waals surface area contributed by atoms with Crippen molar-refractivity contribution < 1.29 is 28.6 Å². The lowest BCUT2D eigenvalue weighted by Crippen LogP contribution is -2.52. The molecule has 7 nitrogen and oxygen atoms in total. The van der Waals surface area contributed by atoms with Crippen LogP contribution < -0.4 is 4.90 Å². The summed E-state index contributed by atoms with van der Waals surface area (Å²) in [5, 5.41) is 11.4. The number of anilines is 1. The van der Waals surface area contributed by atoms with Gasteiger partial charge in [-0.05, 0) is 37.5 Å². The predicted octanol–water partition coefficient (Wildman–Crippen LogP) is 3.89. The SMILES string of the molecule is CCCCN1C(=O)C2(/C(=C(\O)c3ccc(C)c(F)c3)C(=O)C(=O)N2CCCOC)c2ccccc21. The number of rotatable bonds is 8. The van der Waals surface area contributed by atoms with Crippen molar-refractivity contribution in [3.8, 4) is 0 Å². The number of halogens is 1. The second kappa shape index (κ2) is 9.62. The van der Waals surface area contributed by atoms with Crippen LogP contribution in [0.15, 0.2) is 48.0 Å². The second-order valence-corrected chi connectivity index (χ2v) is 8.86. The van der Waals surface area contributed by atoms with Gasteiger partial charge in [0.25, 0.3) is 17.6 Å². The van der Waals surface area contributed by atoms with Crippen LogP contribution in [0.4, 0.5) is 10.1 Å². The molecule has 2 heterocycles. The lowest BCUT2D eigenvalue weighted by Gasteiger charge is -2.34. The van der Waals surface area contributed by atoms with Crippen LogP contribution in [0.2, 0.25) is 0 Å². The van der Waals surface area contributed by atoms with Gasteiger partial charge in [-0.2, -0.15) is 0 Å². The summed E-state index contributed by atoms with van der Waals surface area (Å²) in [5.74, 6) is -3.47. The quantitative estimate of drug-likeness (QED) is 0.268. The molecule has 2 amide bonds. The molecule has 2 aromatic rings. The van der Waals surface area contributed by atoms with Gasteiger partial charge in [-0.3, -0.25) is 14.4 Å². The fourth-order valence-corrected chi connectivity index (χ4v) is 4.96. The number of carbonyl (C=O) groups is 3. The predicted molar refractivity (Wildman–Crippen MR) is 129 cm³/mol. The monoisotopic (exact) mass is 480 g/mol. The smallest absolute Gasteiger partial charge is 0.296 e. The van der Waals surface area contributed by atoms with Crippen molar-refractivity contribution in [2.75, 3.05) is 31.7 Å². The zero-order chi connectivity index (χ0) is 25.3. The van der Waals surface area contributed by atoms with Crippen LogP contribution in [0.1, 0.15) is 42.9 Å². The Morgan fingerprint density at radius 1 is 1.09 bits per heavy atom. The molecule has 2 aliphatic heterocycles. The van der Waals surface area contributed by atoms with Gasteiger partial charge in [-0.15, -0.1) is 0 Å². The number of aliphatic hydroxyl groups is 1. The van der Waals surface area contributed by atoms with E-state index in [2.05, 4.69) is 0 Å². The summed E-state index contributed by atoms with van der Waals surface area (Å²) in [5.41, 5.74) is -0.737. The molecule has 1 N–H and O–H groups in total. The van der Waals surface area contributed by atoms with E-state index in [9.17, 15) is 23.9 Å². The van der Waals surface area contributed by atoms with Crippen LogP contribution in [0.25, 0.3) is 5.76 Å². The summed E-state index contributed by atoms with van der Waals surface area (Å²) in [6.07, 6.45) is 1.94. The highest BCUT2D eigenvalue weighted by molar-refractivity contribution is 6.50. The van der Waals surface area contributed by atoms with Crippen molar-refractivity contribution >= 4 is 29.0 Å². The van der Waals surface area contributed by atoms with E-state index >= 15 is 0 Å². The van der Waals surface area contributed by atoms with Gasteiger partial charge >= 0.3 is 0 Å². The van der Waals surface area contributed by atoms with Crippen LogP contribution >= 0.6 is 0 Å². The highest BCUT2D eigenvalue weighted by Crippen LogP contribution is 2.53. The van der Waals surface area contributed by atoms with Crippen LogP contribution in [-0.4, -0.2) is 54.4 Å². The number of likely N-dealkylation sites (tertiary alicyclic amines) is 1. The van der Waals surface area contributed by atoms with Crippen LogP contribution in [0.3, 0.4) is 0 Å². The summed E-state index contributed by atoms with van der Waals surface area (Å²) in [4.78, 5) is 43.8. The number of para-hydroxylation sites is 1. The molecule has 0 aromatic heterocycles. The molecule has 35 heavy (non-hydrogen) atoms. The Kier molecular flexibility index (Phi) is 6.76. The Morgan fingerprint density at radius 2 is 1.83 bits per heavy atom. The Morgan fingerprint density at radius 3 is 2.51 bits per heavy atom. The van der Waals surface area contributed by atoms with Gasteiger partial charge in [-0.25, -0.2) is 4.39 Å². The maximum absolute atomic E-state index is 14.4. The molecule has 1 saturated heterocycles. The standard InChI is InChI=1S/C27H29FN2O5/c1-4-5-13-29-21-10-7-6-9-19(21)27(26(29)34)22(23(31)18-12-11-17(2)20(28)16-18)24(32)25(33)30(27)14-8-15-35-3/h6-7,9-12,16,31H,4-5,8,13-15H2,1-3H3/b23-22-. The summed E-state index contributed by atoms with van der Waals surface area (Å²) in [6, 6.07) is 11.1. The van der Waals surface area contributed by atoms with Crippen LogP contribution in [0, 0.1) is 12.7 Å². The molecule has 8 heteroatoms. The first kappa shape index (κ1) is 24.6. The first-order valence-electron chi connectivity index (χ1n) is 11.8. The van der Waals surface area contributed by atoms with E-state index in [1.165, 1.54) is 24.1 Å². The average molecular weight is 481 g/mol. The van der Waals surface area contributed by atoms with Crippen molar-refractivity contribution in [1.29, 1.82) is 0 Å². The molecule has 2 aliphatic rings. The third kappa shape index (κ3) is 3.72. The van der Waals surface area contributed by atoms with E-state index in [0.717, 1.165) is 18.9 Å². The first-order chi connectivity index (χ1) is 16.8. The molecule has 184 valence electrons. The molecule has 0 saturated carbocycles. The Balaban J connectivity index is 2.01. The van der Waals surface area contributed by atoms with Gasteiger partial charge in [0.05, 0.1) is 11.3 Å². The molecule has 0 bridgehead atoms. The molecule has 2 aromatic carbocycles. The number of aryl methyl sites for hydroxylation is 1. The van der Waals surface area contributed by atoms with E-state index in [0.29, 0.717) is 36.4 Å².